The van der Waals surface area contributed by atoms with Gasteiger partial charge in [-0.15, -0.1) is 0 Å². The molecule has 0 radical (unpaired) electrons. The average Bonchev–Trinajstić information content (AvgIpc) is 2.67. The van der Waals surface area contributed by atoms with Gasteiger partial charge in [0.25, 0.3) is 0 Å². The van der Waals surface area contributed by atoms with Gasteiger partial charge in [-0.1, -0.05) is 6.92 Å². The van der Waals surface area contributed by atoms with Crippen molar-refractivity contribution in [3.8, 4) is 0 Å². The fourth-order valence-corrected chi connectivity index (χ4v) is 1.05. The van der Waals surface area contributed by atoms with Gasteiger partial charge in [-0.2, -0.15) is 0 Å². The first-order valence-corrected chi connectivity index (χ1v) is 4.77. The highest BCUT2D eigenvalue weighted by Crippen LogP contribution is 1.97. The van der Waals surface area contributed by atoms with E-state index in [-0.39, 0.29) is 11.9 Å². The molecule has 1 aromatic heterocycles. The van der Waals surface area contributed by atoms with Crippen molar-refractivity contribution in [2.45, 2.75) is 13.8 Å². The maximum atomic E-state index is 11.2. The number of hydrogen-bond acceptors (Lipinski definition) is 3. The molecular weight excluding hydrogens is 180 g/mol. The first kappa shape index (κ1) is 10.6. The van der Waals surface area contributed by atoms with Gasteiger partial charge in [-0.3, -0.25) is 9.47 Å². The van der Waals surface area contributed by atoms with Gasteiger partial charge in [-0.25, -0.2) is 0 Å². The Bertz CT molecular complexity index is 270. The molecule has 1 unspecified atom stereocenters. The summed E-state index contributed by atoms with van der Waals surface area (Å²) in [5.41, 5.74) is 3.08. The van der Waals surface area contributed by atoms with Crippen LogP contribution in [0.15, 0.2) is 24.5 Å². The van der Waals surface area contributed by atoms with Crippen molar-refractivity contribution in [3.05, 3.63) is 24.5 Å². The molecule has 0 saturated carbocycles. The Morgan fingerprint density at radius 2 is 2.14 bits per heavy atom. The number of hydrogen-bond donors (Lipinski definition) is 1. The van der Waals surface area contributed by atoms with Gasteiger partial charge in [0.2, 0.25) is 0 Å². The van der Waals surface area contributed by atoms with E-state index in [0.717, 1.165) is 0 Å². The Labute approximate surface area is 83.8 Å². The summed E-state index contributed by atoms with van der Waals surface area (Å²) in [6, 6.07) is 3.84. The maximum Gasteiger partial charge on any atom is 0.310 e. The smallest absolute Gasteiger partial charge is 0.310 e. The van der Waals surface area contributed by atoms with E-state index < -0.39 is 0 Å². The van der Waals surface area contributed by atoms with Gasteiger partial charge in [-0.05, 0) is 19.1 Å². The molecule has 4 nitrogen and oxygen atoms in total. The van der Waals surface area contributed by atoms with Crippen LogP contribution >= 0.6 is 0 Å². The highest BCUT2D eigenvalue weighted by molar-refractivity contribution is 5.72. The lowest BCUT2D eigenvalue weighted by Gasteiger charge is -2.12. The molecule has 1 heterocycles. The Kier molecular flexibility index (Phi) is 4.04. The van der Waals surface area contributed by atoms with Crippen LogP contribution in [0.1, 0.15) is 13.8 Å². The molecule has 0 aliphatic rings. The predicted molar refractivity (Wildman–Crippen MR) is 54.5 cm³/mol. The van der Waals surface area contributed by atoms with Gasteiger partial charge in [0.15, 0.2) is 0 Å². The van der Waals surface area contributed by atoms with Crippen LogP contribution < -0.4 is 5.43 Å². The Balaban J connectivity index is 2.27. The van der Waals surface area contributed by atoms with Crippen LogP contribution in [0.2, 0.25) is 0 Å². The molecular formula is C10H16N2O2. The van der Waals surface area contributed by atoms with Crippen molar-refractivity contribution < 1.29 is 9.53 Å². The second-order valence-corrected chi connectivity index (χ2v) is 3.11. The molecule has 0 aromatic carbocycles. The Morgan fingerprint density at radius 1 is 1.50 bits per heavy atom. The molecule has 0 spiro atoms. The Morgan fingerprint density at radius 3 is 2.71 bits per heavy atom. The number of rotatable bonds is 5. The van der Waals surface area contributed by atoms with E-state index in [2.05, 4.69) is 5.43 Å². The molecule has 1 rings (SSSR count). The largest absolute Gasteiger partial charge is 0.466 e. The number of nitrogens with zero attached hydrogens (tertiary/aromatic N) is 1. The second kappa shape index (κ2) is 5.32. The van der Waals surface area contributed by atoms with Crippen molar-refractivity contribution >= 4 is 5.97 Å². The SMILES string of the molecule is CCOC(=O)C(C)CNn1cccc1. The molecule has 0 bridgehead atoms. The molecule has 0 amide bonds. The fraction of sp³-hybridized carbons (Fsp3) is 0.500. The summed E-state index contributed by atoms with van der Waals surface area (Å²) in [5, 5.41) is 0. The van der Waals surface area contributed by atoms with Crippen molar-refractivity contribution in [1.82, 2.24) is 4.68 Å². The first-order valence-electron chi connectivity index (χ1n) is 4.77. The summed E-state index contributed by atoms with van der Waals surface area (Å²) in [5.74, 6) is -0.287. The summed E-state index contributed by atoms with van der Waals surface area (Å²) in [6.07, 6.45) is 3.77. The molecule has 1 atom stereocenters. The lowest BCUT2D eigenvalue weighted by Crippen LogP contribution is -2.26. The van der Waals surface area contributed by atoms with E-state index in [0.29, 0.717) is 13.2 Å². The van der Waals surface area contributed by atoms with Crippen LogP contribution in [0.5, 0.6) is 0 Å². The van der Waals surface area contributed by atoms with E-state index in [1.54, 1.807) is 0 Å². The van der Waals surface area contributed by atoms with Gasteiger partial charge < -0.3 is 10.2 Å². The third-order valence-corrected chi connectivity index (χ3v) is 1.87. The number of carbonyl (C=O) groups excluding carboxylic acids is 1. The minimum Gasteiger partial charge on any atom is -0.466 e. The number of aromatic nitrogens is 1. The monoisotopic (exact) mass is 196 g/mol. The zero-order valence-corrected chi connectivity index (χ0v) is 8.56. The highest BCUT2D eigenvalue weighted by atomic mass is 16.5. The summed E-state index contributed by atoms with van der Waals surface area (Å²) in [6.45, 7) is 4.67. The molecule has 0 saturated heterocycles. The average molecular weight is 196 g/mol. The molecule has 4 heteroatoms. The lowest BCUT2D eigenvalue weighted by atomic mass is 10.2. The minimum atomic E-state index is -0.160. The van der Waals surface area contributed by atoms with E-state index in [9.17, 15) is 4.79 Å². The molecule has 1 N–H and O–H groups in total. The van der Waals surface area contributed by atoms with E-state index in [4.69, 9.17) is 4.74 Å². The standard InChI is InChI=1S/C10H16N2O2/c1-3-14-10(13)9(2)8-11-12-6-4-5-7-12/h4-7,9,11H,3,8H2,1-2H3. The molecule has 0 aliphatic carbocycles. The zero-order chi connectivity index (χ0) is 10.4. The molecule has 78 valence electrons. The van der Waals surface area contributed by atoms with Crippen LogP contribution in [-0.2, 0) is 9.53 Å². The van der Waals surface area contributed by atoms with Crippen molar-refractivity contribution in [1.29, 1.82) is 0 Å². The minimum absolute atomic E-state index is 0.127. The van der Waals surface area contributed by atoms with Crippen molar-refractivity contribution in [3.63, 3.8) is 0 Å². The number of ether oxygens (including phenoxy) is 1. The van der Waals surface area contributed by atoms with E-state index in [1.807, 2.05) is 43.0 Å². The maximum absolute atomic E-state index is 11.2. The third-order valence-electron chi connectivity index (χ3n) is 1.87. The lowest BCUT2D eigenvalue weighted by molar-refractivity contribution is -0.146. The zero-order valence-electron chi connectivity index (χ0n) is 8.56. The summed E-state index contributed by atoms with van der Waals surface area (Å²) < 4.78 is 6.70. The van der Waals surface area contributed by atoms with Gasteiger partial charge in [0.05, 0.1) is 12.5 Å². The topological polar surface area (TPSA) is 43.3 Å². The molecule has 1 aromatic rings. The van der Waals surface area contributed by atoms with E-state index in [1.165, 1.54) is 0 Å². The molecule has 0 aliphatic heterocycles. The highest BCUT2D eigenvalue weighted by Gasteiger charge is 2.12. The predicted octanol–water partition coefficient (Wildman–Crippen LogP) is 1.23. The van der Waals surface area contributed by atoms with Crippen molar-refractivity contribution in [2.75, 3.05) is 18.6 Å². The van der Waals surface area contributed by atoms with Crippen LogP contribution in [-0.4, -0.2) is 23.8 Å². The number of carbonyl (C=O) groups is 1. The summed E-state index contributed by atoms with van der Waals surface area (Å²) in [4.78, 5) is 11.2. The number of nitrogens with one attached hydrogen (secondary N) is 1. The second-order valence-electron chi connectivity index (χ2n) is 3.11. The van der Waals surface area contributed by atoms with Crippen LogP contribution in [0.3, 0.4) is 0 Å². The summed E-state index contributed by atoms with van der Waals surface area (Å²) in [7, 11) is 0. The Hall–Kier alpha value is -1.45. The van der Waals surface area contributed by atoms with Gasteiger partial charge >= 0.3 is 5.97 Å². The van der Waals surface area contributed by atoms with Crippen LogP contribution in [0.4, 0.5) is 0 Å². The first-order chi connectivity index (χ1) is 6.74. The quantitative estimate of drug-likeness (QED) is 0.720. The van der Waals surface area contributed by atoms with E-state index >= 15 is 0 Å². The molecule has 0 fully saturated rings. The summed E-state index contributed by atoms with van der Waals surface area (Å²) >= 11 is 0. The van der Waals surface area contributed by atoms with Crippen LogP contribution in [0.25, 0.3) is 0 Å². The molecule has 14 heavy (non-hydrogen) atoms. The fourth-order valence-electron chi connectivity index (χ4n) is 1.05. The van der Waals surface area contributed by atoms with Crippen LogP contribution in [0, 0.1) is 5.92 Å². The van der Waals surface area contributed by atoms with Gasteiger partial charge in [0.1, 0.15) is 0 Å². The third kappa shape index (κ3) is 3.12. The number of esters is 1. The van der Waals surface area contributed by atoms with Gasteiger partial charge in [0, 0.05) is 18.9 Å². The van der Waals surface area contributed by atoms with Crippen molar-refractivity contribution in [2.24, 2.45) is 5.92 Å². The normalized spacial score (nSPS) is 12.1.